The quantitative estimate of drug-likeness (QED) is 0.255. The molecule has 2 atom stereocenters. The van der Waals surface area contributed by atoms with Crippen LogP contribution in [-0.2, 0) is 33.3 Å². The lowest BCUT2D eigenvalue weighted by Crippen LogP contribution is -2.44. The molecular weight excluding hydrogens is 600 g/mol. The number of hydrogen-bond acceptors (Lipinski definition) is 7. The highest BCUT2D eigenvalue weighted by Crippen LogP contribution is 2.25. The van der Waals surface area contributed by atoms with E-state index in [2.05, 4.69) is 26.6 Å². The molecule has 14 heteroatoms. The van der Waals surface area contributed by atoms with Crippen LogP contribution in [0.15, 0.2) is 50.5 Å². The summed E-state index contributed by atoms with van der Waals surface area (Å²) in [6.07, 6.45) is 1.79. The first-order chi connectivity index (χ1) is 19.5. The standard InChI is InChI=1S/C14H13N3O4.C13H12BrN3O3/c1-16-11-6-8(7-18)2-3-9(11)17(14(16)21)10-4-5-12(19)15-13(10)20;1-16-10-6-7(14)2-3-8(10)17(13(16)20)9-4-5-11(18)15-12(9)19/h2-3,6-7,10H,4-5H2,1H3,(H,15,19,20);2-3,6,9H,4-5H2,1H3,(H,15,18,19). The zero-order valence-corrected chi connectivity index (χ0v) is 23.6. The lowest BCUT2D eigenvalue weighted by atomic mass is 10.1. The topological polar surface area (TPSA) is 163 Å². The maximum absolute atomic E-state index is 12.4. The Morgan fingerprint density at radius 2 is 1.17 bits per heavy atom. The van der Waals surface area contributed by atoms with E-state index >= 15 is 0 Å². The van der Waals surface area contributed by atoms with E-state index in [0.29, 0.717) is 41.2 Å². The van der Waals surface area contributed by atoms with Gasteiger partial charge in [-0.05, 0) is 49.2 Å². The van der Waals surface area contributed by atoms with Crippen molar-refractivity contribution in [3.8, 4) is 0 Å². The van der Waals surface area contributed by atoms with Crippen molar-refractivity contribution < 1.29 is 24.0 Å². The van der Waals surface area contributed by atoms with Crippen LogP contribution in [0.25, 0.3) is 22.1 Å². The van der Waals surface area contributed by atoms with E-state index in [4.69, 9.17) is 0 Å². The molecule has 212 valence electrons. The first-order valence-corrected chi connectivity index (χ1v) is 13.5. The second kappa shape index (κ2) is 10.8. The zero-order chi connectivity index (χ0) is 29.6. The van der Waals surface area contributed by atoms with E-state index < -0.39 is 23.9 Å². The van der Waals surface area contributed by atoms with Crippen molar-refractivity contribution in [3.05, 3.63) is 67.4 Å². The Morgan fingerprint density at radius 1 is 0.707 bits per heavy atom. The maximum Gasteiger partial charge on any atom is 0.329 e. The number of aldehydes is 1. The van der Waals surface area contributed by atoms with Gasteiger partial charge in [-0.1, -0.05) is 15.9 Å². The molecule has 4 heterocycles. The maximum atomic E-state index is 12.4. The Hall–Kier alpha value is -4.59. The smallest absolute Gasteiger partial charge is 0.298 e. The van der Waals surface area contributed by atoms with Crippen LogP contribution in [0.1, 0.15) is 48.1 Å². The molecular formula is C27H25BrN6O7. The Balaban J connectivity index is 0.000000165. The molecule has 41 heavy (non-hydrogen) atoms. The third-order valence-corrected chi connectivity index (χ3v) is 7.84. The second-order valence-corrected chi connectivity index (χ2v) is 10.8. The minimum absolute atomic E-state index is 0.200. The van der Waals surface area contributed by atoms with Gasteiger partial charge in [-0.2, -0.15) is 0 Å². The predicted octanol–water partition coefficient (Wildman–Crippen LogP) is 1.21. The van der Waals surface area contributed by atoms with Crippen molar-refractivity contribution in [1.29, 1.82) is 0 Å². The molecule has 2 aliphatic rings. The van der Waals surface area contributed by atoms with Crippen molar-refractivity contribution in [3.63, 3.8) is 0 Å². The van der Waals surface area contributed by atoms with Crippen molar-refractivity contribution in [2.24, 2.45) is 14.1 Å². The summed E-state index contributed by atoms with van der Waals surface area (Å²) in [6, 6.07) is 8.95. The predicted molar refractivity (Wildman–Crippen MR) is 150 cm³/mol. The molecule has 2 fully saturated rings. The van der Waals surface area contributed by atoms with Crippen LogP contribution in [0.5, 0.6) is 0 Å². The molecule has 0 spiro atoms. The van der Waals surface area contributed by atoms with Gasteiger partial charge in [0.1, 0.15) is 18.4 Å². The molecule has 2 aromatic carbocycles. The summed E-state index contributed by atoms with van der Waals surface area (Å²) < 4.78 is 6.60. The number of nitrogens with one attached hydrogen (secondary N) is 2. The lowest BCUT2D eigenvalue weighted by Gasteiger charge is -2.21. The zero-order valence-electron chi connectivity index (χ0n) is 22.0. The first-order valence-electron chi connectivity index (χ1n) is 12.7. The Bertz CT molecular complexity index is 1900. The van der Waals surface area contributed by atoms with Crippen LogP contribution in [0.2, 0.25) is 0 Å². The molecule has 0 radical (unpaired) electrons. The molecule has 2 unspecified atom stereocenters. The van der Waals surface area contributed by atoms with Gasteiger partial charge >= 0.3 is 11.4 Å². The average molecular weight is 625 g/mol. The van der Waals surface area contributed by atoms with Gasteiger partial charge in [0.15, 0.2) is 0 Å². The number of fused-ring (bicyclic) bond motifs is 2. The fraction of sp³-hybridized carbons (Fsp3) is 0.296. The number of aromatic nitrogens is 4. The van der Waals surface area contributed by atoms with Gasteiger partial charge in [-0.15, -0.1) is 0 Å². The van der Waals surface area contributed by atoms with E-state index in [-0.39, 0.29) is 36.0 Å². The molecule has 0 saturated carbocycles. The van der Waals surface area contributed by atoms with Gasteiger partial charge in [0.2, 0.25) is 23.6 Å². The summed E-state index contributed by atoms with van der Waals surface area (Å²) in [4.78, 5) is 82.0. The molecule has 4 aromatic rings. The molecule has 4 amide bonds. The van der Waals surface area contributed by atoms with Crippen LogP contribution in [-0.4, -0.2) is 48.2 Å². The normalized spacial score (nSPS) is 19.1. The summed E-state index contributed by atoms with van der Waals surface area (Å²) >= 11 is 3.37. The number of carbonyl (C=O) groups excluding carboxylic acids is 5. The number of hydrogen-bond donors (Lipinski definition) is 2. The van der Waals surface area contributed by atoms with E-state index in [9.17, 15) is 33.6 Å². The van der Waals surface area contributed by atoms with E-state index in [1.165, 1.54) is 18.3 Å². The van der Waals surface area contributed by atoms with E-state index in [0.717, 1.165) is 9.99 Å². The van der Waals surface area contributed by atoms with Crippen LogP contribution in [0, 0.1) is 0 Å². The van der Waals surface area contributed by atoms with Crippen LogP contribution < -0.4 is 22.0 Å². The molecule has 13 nitrogen and oxygen atoms in total. The minimum atomic E-state index is -0.707. The monoisotopic (exact) mass is 624 g/mol. The summed E-state index contributed by atoms with van der Waals surface area (Å²) in [7, 11) is 3.25. The molecule has 2 aromatic heterocycles. The molecule has 0 aliphatic carbocycles. The highest BCUT2D eigenvalue weighted by molar-refractivity contribution is 9.10. The molecule has 6 rings (SSSR count). The number of carbonyl (C=O) groups is 5. The van der Waals surface area contributed by atoms with Crippen LogP contribution in [0.3, 0.4) is 0 Å². The highest BCUT2D eigenvalue weighted by atomic mass is 79.9. The van der Waals surface area contributed by atoms with Crippen molar-refractivity contribution in [2.45, 2.75) is 37.8 Å². The lowest BCUT2D eigenvalue weighted by molar-refractivity contribution is -0.137. The van der Waals surface area contributed by atoms with Gasteiger partial charge in [0.25, 0.3) is 0 Å². The number of nitrogens with zero attached hydrogens (tertiary/aromatic N) is 4. The van der Waals surface area contributed by atoms with Crippen LogP contribution in [0.4, 0.5) is 0 Å². The van der Waals surface area contributed by atoms with E-state index in [1.807, 2.05) is 12.1 Å². The highest BCUT2D eigenvalue weighted by Gasteiger charge is 2.32. The Labute approximate surface area is 239 Å². The van der Waals surface area contributed by atoms with Crippen molar-refractivity contribution in [1.82, 2.24) is 28.9 Å². The number of benzene rings is 2. The van der Waals surface area contributed by atoms with Gasteiger partial charge in [-0.3, -0.25) is 52.9 Å². The Morgan fingerprint density at radius 3 is 1.63 bits per heavy atom. The van der Waals surface area contributed by atoms with Gasteiger partial charge in [-0.25, -0.2) is 9.59 Å². The van der Waals surface area contributed by atoms with Gasteiger partial charge in [0.05, 0.1) is 22.1 Å². The number of rotatable bonds is 3. The molecule has 0 bridgehead atoms. The van der Waals surface area contributed by atoms with Gasteiger partial charge in [0, 0.05) is 37.0 Å². The first kappa shape index (κ1) is 28.0. The van der Waals surface area contributed by atoms with Gasteiger partial charge < -0.3 is 0 Å². The third kappa shape index (κ3) is 4.94. The molecule has 2 saturated heterocycles. The molecule has 2 aliphatic heterocycles. The largest absolute Gasteiger partial charge is 0.329 e. The Kier molecular flexibility index (Phi) is 7.34. The summed E-state index contributed by atoms with van der Waals surface area (Å²) in [6.45, 7) is 0. The van der Waals surface area contributed by atoms with Crippen molar-refractivity contribution >= 4 is 67.9 Å². The second-order valence-electron chi connectivity index (χ2n) is 9.86. The number of amides is 4. The minimum Gasteiger partial charge on any atom is -0.298 e. The fourth-order valence-electron chi connectivity index (χ4n) is 5.25. The van der Waals surface area contributed by atoms with Crippen LogP contribution >= 0.6 is 15.9 Å². The number of imidazole rings is 2. The third-order valence-electron chi connectivity index (χ3n) is 7.34. The van der Waals surface area contributed by atoms with Crippen molar-refractivity contribution in [2.75, 3.05) is 0 Å². The number of imide groups is 2. The average Bonchev–Trinajstić information content (AvgIpc) is 3.33. The number of aryl methyl sites for hydroxylation is 2. The number of halogens is 1. The molecule has 2 N–H and O–H groups in total. The van der Waals surface area contributed by atoms with E-state index in [1.54, 1.807) is 38.4 Å². The number of piperidine rings is 2. The summed E-state index contributed by atoms with van der Waals surface area (Å²) in [5.74, 6) is -1.51. The fourth-order valence-corrected chi connectivity index (χ4v) is 5.60. The summed E-state index contributed by atoms with van der Waals surface area (Å²) in [5.41, 5.74) is 2.44. The SMILES string of the molecule is Cn1c(=O)n(C2CCC(=O)NC2=O)c2ccc(Br)cc21.Cn1c(=O)n(C2CCC(=O)NC2=O)c2ccc(C=O)cc21. The summed E-state index contributed by atoms with van der Waals surface area (Å²) in [5, 5.41) is 4.53.